The Kier molecular flexibility index (Phi) is 7.20. The molecule has 1 fully saturated rings. The van der Waals surface area contributed by atoms with Crippen molar-refractivity contribution in [1.29, 1.82) is 0 Å². The summed E-state index contributed by atoms with van der Waals surface area (Å²) < 4.78 is 14.5. The van der Waals surface area contributed by atoms with E-state index in [2.05, 4.69) is 47.1 Å². The number of pyridine rings is 1. The zero-order valence-corrected chi connectivity index (χ0v) is 20.5. The molecule has 3 aromatic heterocycles. The van der Waals surface area contributed by atoms with Crippen LogP contribution in [0.5, 0.6) is 0 Å². The van der Waals surface area contributed by atoms with Crippen LogP contribution < -0.4 is 5.32 Å². The maximum Gasteiger partial charge on any atom is 0.180 e. The van der Waals surface area contributed by atoms with E-state index in [1.165, 1.54) is 0 Å². The highest BCUT2D eigenvalue weighted by Crippen LogP contribution is 2.19. The summed E-state index contributed by atoms with van der Waals surface area (Å²) in [6, 6.07) is 14.6. The number of rotatable bonds is 7. The van der Waals surface area contributed by atoms with E-state index in [9.17, 15) is 4.39 Å². The van der Waals surface area contributed by atoms with Gasteiger partial charge < -0.3 is 10.2 Å². The second-order valence-electron chi connectivity index (χ2n) is 9.09. The molecule has 36 heavy (non-hydrogen) atoms. The average molecular weight is 485 g/mol. The molecule has 1 N–H and O–H groups in total. The monoisotopic (exact) mass is 484 g/mol. The third-order valence-corrected chi connectivity index (χ3v) is 6.20. The molecule has 4 heterocycles. The third-order valence-electron chi connectivity index (χ3n) is 6.20. The molecule has 0 radical (unpaired) electrons. The molecular formula is C27H29FN8. The van der Waals surface area contributed by atoms with Crippen LogP contribution in [0.25, 0.3) is 11.5 Å². The Labute approximate surface area is 210 Å². The van der Waals surface area contributed by atoms with Crippen LogP contribution in [-0.2, 0) is 13.0 Å². The Morgan fingerprint density at radius 3 is 2.47 bits per heavy atom. The van der Waals surface area contributed by atoms with Gasteiger partial charge in [0, 0.05) is 62.8 Å². The van der Waals surface area contributed by atoms with Gasteiger partial charge in [0.05, 0.1) is 0 Å². The molecule has 4 aromatic rings. The van der Waals surface area contributed by atoms with Crippen molar-refractivity contribution in [2.75, 3.05) is 38.5 Å². The lowest BCUT2D eigenvalue weighted by molar-refractivity contribution is 0.147. The van der Waals surface area contributed by atoms with Crippen molar-refractivity contribution in [3.8, 4) is 11.5 Å². The molecule has 0 unspecified atom stereocenters. The van der Waals surface area contributed by atoms with Crippen molar-refractivity contribution >= 4 is 11.6 Å². The Hall–Kier alpha value is -3.82. The van der Waals surface area contributed by atoms with Crippen LogP contribution >= 0.6 is 0 Å². The van der Waals surface area contributed by atoms with Gasteiger partial charge in [0.1, 0.15) is 29.0 Å². The minimum Gasteiger partial charge on any atom is -0.325 e. The van der Waals surface area contributed by atoms with Crippen LogP contribution in [0, 0.1) is 12.7 Å². The molecule has 1 aromatic carbocycles. The van der Waals surface area contributed by atoms with Crippen molar-refractivity contribution in [2.24, 2.45) is 0 Å². The van der Waals surface area contributed by atoms with Gasteiger partial charge in [-0.15, -0.1) is 0 Å². The first-order valence-electron chi connectivity index (χ1n) is 12.1. The first kappa shape index (κ1) is 23.9. The number of hydrogen-bond donors (Lipinski definition) is 1. The fourth-order valence-electron chi connectivity index (χ4n) is 4.19. The number of aryl methyl sites for hydroxylation is 1. The van der Waals surface area contributed by atoms with Gasteiger partial charge >= 0.3 is 0 Å². The molecule has 0 spiro atoms. The second kappa shape index (κ2) is 10.8. The quantitative estimate of drug-likeness (QED) is 0.424. The van der Waals surface area contributed by atoms with Gasteiger partial charge in [-0.3, -0.25) is 4.90 Å². The SMILES string of the molecule is Cc1cccc(-c2nccc(Nc3ccnc(Cc4ccc(F)c(CN5CCN(C)CC5)c4)n3)n2)n1. The topological polar surface area (TPSA) is 83.0 Å². The highest BCUT2D eigenvalue weighted by Gasteiger charge is 2.16. The Balaban J connectivity index is 1.28. The van der Waals surface area contributed by atoms with Crippen LogP contribution in [0.3, 0.4) is 0 Å². The summed E-state index contributed by atoms with van der Waals surface area (Å²) in [4.78, 5) is 27.1. The molecule has 1 aliphatic heterocycles. The zero-order chi connectivity index (χ0) is 24.9. The number of piperazine rings is 1. The predicted octanol–water partition coefficient (Wildman–Crippen LogP) is 3.86. The minimum atomic E-state index is -0.170. The minimum absolute atomic E-state index is 0.170. The first-order valence-corrected chi connectivity index (χ1v) is 12.1. The predicted molar refractivity (Wildman–Crippen MR) is 137 cm³/mol. The number of anilines is 2. The Morgan fingerprint density at radius 2 is 1.67 bits per heavy atom. The molecule has 0 atom stereocenters. The number of hydrogen-bond acceptors (Lipinski definition) is 8. The molecule has 0 saturated carbocycles. The zero-order valence-electron chi connectivity index (χ0n) is 20.5. The molecule has 184 valence electrons. The molecule has 1 aliphatic rings. The van der Waals surface area contributed by atoms with Gasteiger partial charge in [-0.1, -0.05) is 18.2 Å². The van der Waals surface area contributed by atoms with Crippen molar-refractivity contribution < 1.29 is 4.39 Å². The highest BCUT2D eigenvalue weighted by atomic mass is 19.1. The van der Waals surface area contributed by atoms with Crippen molar-refractivity contribution in [3.05, 3.63) is 89.4 Å². The van der Waals surface area contributed by atoms with Crippen LogP contribution in [0.4, 0.5) is 16.0 Å². The lowest BCUT2D eigenvalue weighted by Crippen LogP contribution is -2.44. The first-order chi connectivity index (χ1) is 17.5. The Bertz CT molecular complexity index is 1340. The van der Waals surface area contributed by atoms with Crippen molar-refractivity contribution in [1.82, 2.24) is 34.7 Å². The molecular weight excluding hydrogens is 455 g/mol. The smallest absolute Gasteiger partial charge is 0.180 e. The number of nitrogens with zero attached hydrogens (tertiary/aromatic N) is 7. The lowest BCUT2D eigenvalue weighted by atomic mass is 10.1. The summed E-state index contributed by atoms with van der Waals surface area (Å²) in [5, 5.41) is 3.23. The highest BCUT2D eigenvalue weighted by molar-refractivity contribution is 5.56. The van der Waals surface area contributed by atoms with Crippen molar-refractivity contribution in [2.45, 2.75) is 19.9 Å². The van der Waals surface area contributed by atoms with E-state index < -0.39 is 0 Å². The van der Waals surface area contributed by atoms with Crippen LogP contribution in [0.15, 0.2) is 60.9 Å². The van der Waals surface area contributed by atoms with E-state index in [-0.39, 0.29) is 5.82 Å². The third kappa shape index (κ3) is 6.05. The van der Waals surface area contributed by atoms with E-state index in [0.717, 1.165) is 37.4 Å². The summed E-state index contributed by atoms with van der Waals surface area (Å²) in [5.41, 5.74) is 3.31. The van der Waals surface area contributed by atoms with Crippen molar-refractivity contribution in [3.63, 3.8) is 0 Å². The summed E-state index contributed by atoms with van der Waals surface area (Å²) in [6.07, 6.45) is 3.91. The molecule has 5 rings (SSSR count). The maximum absolute atomic E-state index is 14.5. The molecule has 0 aliphatic carbocycles. The maximum atomic E-state index is 14.5. The average Bonchev–Trinajstić information content (AvgIpc) is 2.88. The largest absolute Gasteiger partial charge is 0.325 e. The van der Waals surface area contributed by atoms with E-state index in [4.69, 9.17) is 0 Å². The molecule has 0 bridgehead atoms. The number of benzene rings is 1. The van der Waals surface area contributed by atoms with Crippen LogP contribution in [0.1, 0.15) is 22.6 Å². The van der Waals surface area contributed by atoms with Gasteiger partial charge in [0.25, 0.3) is 0 Å². The summed E-state index contributed by atoms with van der Waals surface area (Å²) in [5.74, 6) is 2.26. The summed E-state index contributed by atoms with van der Waals surface area (Å²) >= 11 is 0. The molecule has 0 amide bonds. The van der Waals surface area contributed by atoms with Gasteiger partial charge in [-0.05, 0) is 49.9 Å². The number of halogens is 1. The summed E-state index contributed by atoms with van der Waals surface area (Å²) in [7, 11) is 2.12. The normalized spacial score (nSPS) is 14.6. The second-order valence-corrected chi connectivity index (χ2v) is 9.09. The van der Waals surface area contributed by atoms with E-state index >= 15 is 0 Å². The standard InChI is InChI=1S/C27H29FN8/c1-19-4-3-5-23(31-19)27-30-11-9-25(34-27)32-24-8-10-29-26(33-24)17-20-6-7-22(28)21(16-20)18-36-14-12-35(2)13-15-36/h3-11,16H,12-15,17-18H2,1-2H3,(H,29,30,32,33,34). The number of nitrogens with one attached hydrogen (secondary N) is 1. The van der Waals surface area contributed by atoms with E-state index in [1.807, 2.05) is 31.2 Å². The Morgan fingerprint density at radius 1 is 0.889 bits per heavy atom. The van der Waals surface area contributed by atoms with E-state index in [1.54, 1.807) is 36.7 Å². The van der Waals surface area contributed by atoms with E-state index in [0.29, 0.717) is 47.5 Å². The van der Waals surface area contributed by atoms with Gasteiger partial charge in [0.2, 0.25) is 0 Å². The number of aromatic nitrogens is 5. The van der Waals surface area contributed by atoms with Gasteiger partial charge in [-0.25, -0.2) is 29.3 Å². The van der Waals surface area contributed by atoms with Gasteiger partial charge in [-0.2, -0.15) is 0 Å². The fraction of sp³-hybridized carbons (Fsp3) is 0.296. The summed E-state index contributed by atoms with van der Waals surface area (Å²) in [6.45, 7) is 6.45. The van der Waals surface area contributed by atoms with Gasteiger partial charge in [0.15, 0.2) is 5.82 Å². The molecule has 9 heteroatoms. The molecule has 1 saturated heterocycles. The lowest BCUT2D eigenvalue weighted by Gasteiger charge is -2.32. The van der Waals surface area contributed by atoms with Crippen LogP contribution in [-0.4, -0.2) is 67.9 Å². The molecule has 8 nitrogen and oxygen atoms in total. The van der Waals surface area contributed by atoms with Crippen LogP contribution in [0.2, 0.25) is 0 Å². The fourth-order valence-corrected chi connectivity index (χ4v) is 4.19. The number of likely N-dealkylation sites (N-methyl/N-ethyl adjacent to an activating group) is 1.